The maximum absolute atomic E-state index is 13.2. The number of fused-ring (bicyclic) bond motifs is 6. The summed E-state index contributed by atoms with van der Waals surface area (Å²) < 4.78 is 37.2. The minimum absolute atomic E-state index is 0.0531. The molecule has 6 rings (SSSR count). The van der Waals surface area contributed by atoms with E-state index in [1.165, 1.54) is 30.0 Å². The quantitative estimate of drug-likeness (QED) is 0.295. The molecular weight excluding hydrogens is 450 g/mol. The maximum Gasteiger partial charge on any atom is 0.586 e. The van der Waals surface area contributed by atoms with Crippen molar-refractivity contribution in [3.63, 3.8) is 0 Å². The molecule has 0 atom stereocenters. The second-order valence-corrected chi connectivity index (χ2v) is 8.28. The molecule has 3 aromatic carbocycles. The third-order valence-corrected chi connectivity index (χ3v) is 6.07. The lowest BCUT2D eigenvalue weighted by Crippen LogP contribution is -2.25. The van der Waals surface area contributed by atoms with E-state index >= 15 is 0 Å². The van der Waals surface area contributed by atoms with Gasteiger partial charge in [-0.15, -0.1) is 8.78 Å². The molecule has 0 fully saturated rings. The zero-order valence-electron chi connectivity index (χ0n) is 16.8. The van der Waals surface area contributed by atoms with Crippen LogP contribution in [0.4, 0.5) is 14.5 Å². The summed E-state index contributed by atoms with van der Waals surface area (Å²) in [4.78, 5) is 22.1. The van der Waals surface area contributed by atoms with Crippen LogP contribution >= 0.6 is 11.8 Å². The van der Waals surface area contributed by atoms with Crippen molar-refractivity contribution in [3.8, 4) is 11.5 Å². The van der Waals surface area contributed by atoms with Gasteiger partial charge in [-0.3, -0.25) is 9.20 Å². The standard InChI is InChI=1S/C23H14F2N4O3S/c24-23(25)31-18-10-9-13(11-19(18)32-23)26-20(30)12-33-22-28-15-6-2-1-5-14(15)21-27-16-7-3-4-8-17(16)29(21)22/h1-11H,12H2,(H,26,30). The Kier molecular flexibility index (Phi) is 4.37. The summed E-state index contributed by atoms with van der Waals surface area (Å²) in [6.45, 7) is 0. The zero-order valence-corrected chi connectivity index (χ0v) is 17.6. The van der Waals surface area contributed by atoms with Crippen LogP contribution in [0.15, 0.2) is 71.9 Å². The third-order valence-electron chi connectivity index (χ3n) is 5.13. The fourth-order valence-corrected chi connectivity index (χ4v) is 4.57. The van der Waals surface area contributed by atoms with Gasteiger partial charge in [0.1, 0.15) is 5.65 Å². The van der Waals surface area contributed by atoms with Crippen molar-refractivity contribution >= 4 is 50.9 Å². The number of benzene rings is 3. The summed E-state index contributed by atoms with van der Waals surface area (Å²) in [5, 5.41) is 4.23. The lowest BCUT2D eigenvalue weighted by Gasteiger charge is -2.09. The Balaban J connectivity index is 1.29. The molecule has 5 aromatic rings. The van der Waals surface area contributed by atoms with Gasteiger partial charge < -0.3 is 14.8 Å². The number of imidazole rings is 1. The van der Waals surface area contributed by atoms with Gasteiger partial charge in [0.25, 0.3) is 0 Å². The highest BCUT2D eigenvalue weighted by molar-refractivity contribution is 7.99. The summed E-state index contributed by atoms with van der Waals surface area (Å²) in [6, 6.07) is 19.5. The van der Waals surface area contributed by atoms with Crippen molar-refractivity contribution in [2.75, 3.05) is 11.1 Å². The van der Waals surface area contributed by atoms with Crippen molar-refractivity contribution in [1.82, 2.24) is 14.4 Å². The summed E-state index contributed by atoms with van der Waals surface area (Å²) >= 11 is 1.26. The van der Waals surface area contributed by atoms with Crippen LogP contribution in [-0.2, 0) is 4.79 Å². The third kappa shape index (κ3) is 3.48. The number of hydrogen-bond donors (Lipinski definition) is 1. The molecule has 0 radical (unpaired) electrons. The van der Waals surface area contributed by atoms with E-state index in [-0.39, 0.29) is 23.2 Å². The zero-order chi connectivity index (χ0) is 22.6. The van der Waals surface area contributed by atoms with Crippen LogP contribution in [0.1, 0.15) is 0 Å². The number of carbonyl (C=O) groups excluding carboxylic acids is 1. The van der Waals surface area contributed by atoms with Crippen LogP contribution < -0.4 is 14.8 Å². The molecule has 33 heavy (non-hydrogen) atoms. The minimum Gasteiger partial charge on any atom is -0.395 e. The molecule has 164 valence electrons. The number of amides is 1. The first-order chi connectivity index (χ1) is 16.0. The van der Waals surface area contributed by atoms with Gasteiger partial charge in [-0.05, 0) is 36.4 Å². The number of alkyl halides is 2. The fraction of sp³-hybridized carbons (Fsp3) is 0.0870. The molecule has 0 saturated heterocycles. The number of carbonyl (C=O) groups is 1. The largest absolute Gasteiger partial charge is 0.586 e. The first kappa shape index (κ1) is 19.7. The normalized spacial score (nSPS) is 14.2. The summed E-state index contributed by atoms with van der Waals surface area (Å²) in [5.41, 5.74) is 3.59. The number of nitrogens with zero attached hydrogens (tertiary/aromatic N) is 3. The highest BCUT2D eigenvalue weighted by Crippen LogP contribution is 2.42. The molecule has 7 nitrogen and oxygen atoms in total. The number of ether oxygens (including phenoxy) is 2. The smallest absolute Gasteiger partial charge is 0.395 e. The average molecular weight is 464 g/mol. The minimum atomic E-state index is -3.71. The number of halogens is 2. The fourth-order valence-electron chi connectivity index (χ4n) is 3.76. The Labute approximate surface area is 189 Å². The van der Waals surface area contributed by atoms with Gasteiger partial charge >= 0.3 is 6.29 Å². The van der Waals surface area contributed by atoms with Gasteiger partial charge in [0.2, 0.25) is 5.91 Å². The molecule has 1 N–H and O–H groups in total. The SMILES string of the molecule is O=C(CSc1nc2ccccc2c2nc3ccccc3n12)Nc1ccc2c(c1)OC(F)(F)O2. The summed E-state index contributed by atoms with van der Waals surface area (Å²) in [5.74, 6) is -0.481. The predicted octanol–water partition coefficient (Wildman–Crippen LogP) is 5.09. The van der Waals surface area contributed by atoms with Crippen molar-refractivity contribution < 1.29 is 23.0 Å². The summed E-state index contributed by atoms with van der Waals surface area (Å²) in [7, 11) is 0. The number of para-hydroxylation sites is 3. The van der Waals surface area contributed by atoms with E-state index in [1.807, 2.05) is 52.9 Å². The van der Waals surface area contributed by atoms with Gasteiger partial charge in [-0.1, -0.05) is 36.0 Å². The van der Waals surface area contributed by atoms with Gasteiger partial charge in [0.15, 0.2) is 16.7 Å². The van der Waals surface area contributed by atoms with Crippen LogP contribution in [0.25, 0.3) is 27.6 Å². The Morgan fingerprint density at radius 1 is 0.970 bits per heavy atom. The monoisotopic (exact) mass is 464 g/mol. The number of nitrogens with one attached hydrogen (secondary N) is 1. The van der Waals surface area contributed by atoms with E-state index in [2.05, 4.69) is 14.8 Å². The first-order valence-corrected chi connectivity index (χ1v) is 10.9. The molecule has 10 heteroatoms. The van der Waals surface area contributed by atoms with Gasteiger partial charge in [0.05, 0.1) is 22.3 Å². The summed E-state index contributed by atoms with van der Waals surface area (Å²) in [6.07, 6.45) is -3.71. The highest BCUT2D eigenvalue weighted by Gasteiger charge is 2.43. The number of anilines is 1. The van der Waals surface area contributed by atoms with E-state index in [9.17, 15) is 13.6 Å². The molecule has 1 amide bonds. The lowest BCUT2D eigenvalue weighted by molar-refractivity contribution is -0.286. The molecule has 0 bridgehead atoms. The second-order valence-electron chi connectivity index (χ2n) is 7.34. The molecule has 1 aliphatic heterocycles. The van der Waals surface area contributed by atoms with E-state index in [1.54, 1.807) is 0 Å². The van der Waals surface area contributed by atoms with Crippen molar-refractivity contribution in [2.45, 2.75) is 11.5 Å². The van der Waals surface area contributed by atoms with E-state index in [4.69, 9.17) is 9.97 Å². The Morgan fingerprint density at radius 3 is 2.61 bits per heavy atom. The van der Waals surface area contributed by atoms with Crippen LogP contribution in [0.5, 0.6) is 11.5 Å². The van der Waals surface area contributed by atoms with Crippen LogP contribution in [0.3, 0.4) is 0 Å². The highest BCUT2D eigenvalue weighted by atomic mass is 32.2. The van der Waals surface area contributed by atoms with E-state index in [0.717, 1.165) is 27.6 Å². The topological polar surface area (TPSA) is 77.8 Å². The number of rotatable bonds is 4. The first-order valence-electron chi connectivity index (χ1n) is 9.95. The molecule has 2 aromatic heterocycles. The predicted molar refractivity (Wildman–Crippen MR) is 120 cm³/mol. The Morgan fingerprint density at radius 2 is 1.73 bits per heavy atom. The van der Waals surface area contributed by atoms with Crippen LogP contribution in [-0.4, -0.2) is 32.3 Å². The second kappa shape index (κ2) is 7.31. The molecule has 1 aliphatic rings. The molecule has 0 unspecified atom stereocenters. The van der Waals surface area contributed by atoms with Crippen LogP contribution in [0, 0.1) is 0 Å². The number of hydrogen-bond acceptors (Lipinski definition) is 6. The Bertz CT molecular complexity index is 1570. The lowest BCUT2D eigenvalue weighted by atomic mass is 10.2. The van der Waals surface area contributed by atoms with Gasteiger partial charge in [0, 0.05) is 17.1 Å². The van der Waals surface area contributed by atoms with Gasteiger partial charge in [-0.2, -0.15) is 0 Å². The molecule has 0 spiro atoms. The van der Waals surface area contributed by atoms with Gasteiger partial charge in [-0.25, -0.2) is 9.97 Å². The maximum atomic E-state index is 13.2. The van der Waals surface area contributed by atoms with Crippen molar-refractivity contribution in [3.05, 3.63) is 66.7 Å². The average Bonchev–Trinajstić information content (AvgIpc) is 3.33. The van der Waals surface area contributed by atoms with Crippen molar-refractivity contribution in [2.24, 2.45) is 0 Å². The molecular formula is C23H14F2N4O3S. The van der Waals surface area contributed by atoms with Crippen LogP contribution in [0.2, 0.25) is 0 Å². The van der Waals surface area contributed by atoms with Crippen molar-refractivity contribution in [1.29, 1.82) is 0 Å². The molecule has 3 heterocycles. The number of aromatic nitrogens is 3. The molecule has 0 aliphatic carbocycles. The van der Waals surface area contributed by atoms with E-state index < -0.39 is 6.29 Å². The van der Waals surface area contributed by atoms with E-state index in [0.29, 0.717) is 10.8 Å². The molecule has 0 saturated carbocycles. The number of thioether (sulfide) groups is 1. The Hall–Kier alpha value is -3.92.